The molecule has 2 aromatic carbocycles. The minimum atomic E-state index is -4.46. The number of carbonyl (C=O) groups is 1. The zero-order valence-corrected chi connectivity index (χ0v) is 10.0. The van der Waals surface area contributed by atoms with Crippen molar-refractivity contribution >= 4 is 11.5 Å². The number of benzene rings is 2. The van der Waals surface area contributed by atoms with Gasteiger partial charge in [0.1, 0.15) is 5.82 Å². The van der Waals surface area contributed by atoms with Crippen molar-refractivity contribution in [1.82, 2.24) is 0 Å². The summed E-state index contributed by atoms with van der Waals surface area (Å²) in [5, 5.41) is 0. The van der Waals surface area contributed by atoms with Crippen LogP contribution in [0.5, 0.6) is 0 Å². The summed E-state index contributed by atoms with van der Waals surface area (Å²) in [5.41, 5.74) is 4.40. The molecule has 0 saturated heterocycles. The molecule has 0 fully saturated rings. The zero-order valence-electron chi connectivity index (χ0n) is 10.0. The first-order valence-electron chi connectivity index (χ1n) is 5.56. The molecule has 0 aliphatic rings. The van der Waals surface area contributed by atoms with Gasteiger partial charge in [0, 0.05) is 11.1 Å². The number of hydrogen-bond acceptors (Lipinski definition) is 2. The molecule has 2 aromatic rings. The quantitative estimate of drug-likeness (QED) is 0.519. The van der Waals surface area contributed by atoms with E-state index in [1.54, 1.807) is 0 Å². The Morgan fingerprint density at radius 1 is 0.950 bits per heavy atom. The molecule has 0 saturated carbocycles. The molecular weight excluding hydrogens is 274 g/mol. The van der Waals surface area contributed by atoms with Crippen LogP contribution in [-0.2, 0) is 6.18 Å². The molecule has 0 radical (unpaired) electrons. The molecule has 2 rings (SSSR count). The van der Waals surface area contributed by atoms with E-state index in [0.717, 1.165) is 30.3 Å². The Morgan fingerprint density at radius 3 is 2.00 bits per heavy atom. The number of nitrogens with two attached hydrogens (primary N) is 1. The summed E-state index contributed by atoms with van der Waals surface area (Å²) < 4.78 is 50.4. The maximum atomic E-state index is 13.2. The van der Waals surface area contributed by atoms with Gasteiger partial charge < -0.3 is 5.73 Å². The fourth-order valence-electron chi connectivity index (χ4n) is 1.65. The molecule has 0 aliphatic carbocycles. The van der Waals surface area contributed by atoms with Gasteiger partial charge in [0.25, 0.3) is 0 Å². The molecule has 2 N–H and O–H groups in total. The van der Waals surface area contributed by atoms with E-state index < -0.39 is 23.3 Å². The Bertz CT molecular complexity index is 647. The molecular formula is C14H9F4NO. The van der Waals surface area contributed by atoms with Crippen molar-refractivity contribution in [2.24, 2.45) is 0 Å². The van der Waals surface area contributed by atoms with Crippen LogP contribution < -0.4 is 5.73 Å². The summed E-state index contributed by atoms with van der Waals surface area (Å²) >= 11 is 0. The maximum Gasteiger partial charge on any atom is 0.416 e. The van der Waals surface area contributed by atoms with Crippen LogP contribution in [0.3, 0.4) is 0 Å². The summed E-state index contributed by atoms with van der Waals surface area (Å²) in [6.45, 7) is 0. The molecule has 6 heteroatoms. The highest BCUT2D eigenvalue weighted by Crippen LogP contribution is 2.29. The van der Waals surface area contributed by atoms with E-state index in [-0.39, 0.29) is 16.8 Å². The van der Waals surface area contributed by atoms with Crippen molar-refractivity contribution in [3.8, 4) is 0 Å². The molecule has 104 valence electrons. The van der Waals surface area contributed by atoms with Crippen molar-refractivity contribution in [3.05, 3.63) is 65.0 Å². The number of hydrogen-bond donors (Lipinski definition) is 1. The van der Waals surface area contributed by atoms with Crippen molar-refractivity contribution < 1.29 is 22.4 Å². The van der Waals surface area contributed by atoms with E-state index in [9.17, 15) is 22.4 Å². The van der Waals surface area contributed by atoms with E-state index in [4.69, 9.17) is 5.73 Å². The Labute approximate surface area is 111 Å². The third-order valence-electron chi connectivity index (χ3n) is 2.74. The number of nitrogen functional groups attached to an aromatic ring is 1. The fraction of sp³-hybridized carbons (Fsp3) is 0.0714. The van der Waals surface area contributed by atoms with E-state index in [0.29, 0.717) is 0 Å². The van der Waals surface area contributed by atoms with Gasteiger partial charge in [-0.1, -0.05) is 12.1 Å². The van der Waals surface area contributed by atoms with Crippen molar-refractivity contribution in [2.75, 3.05) is 5.73 Å². The monoisotopic (exact) mass is 283 g/mol. The Hall–Kier alpha value is -2.37. The first-order chi connectivity index (χ1) is 9.29. The van der Waals surface area contributed by atoms with Crippen LogP contribution in [0, 0.1) is 5.82 Å². The van der Waals surface area contributed by atoms with Crippen LogP contribution in [-0.4, -0.2) is 5.78 Å². The minimum Gasteiger partial charge on any atom is -0.396 e. The number of rotatable bonds is 2. The van der Waals surface area contributed by atoms with Gasteiger partial charge in [0.2, 0.25) is 0 Å². The Morgan fingerprint density at radius 2 is 1.50 bits per heavy atom. The van der Waals surface area contributed by atoms with E-state index in [1.165, 1.54) is 12.1 Å². The molecule has 0 aromatic heterocycles. The second kappa shape index (κ2) is 4.96. The fourth-order valence-corrected chi connectivity index (χ4v) is 1.65. The average molecular weight is 283 g/mol. The lowest BCUT2D eigenvalue weighted by atomic mass is 10.0. The van der Waals surface area contributed by atoms with Crippen molar-refractivity contribution in [1.29, 1.82) is 0 Å². The third kappa shape index (κ3) is 2.79. The smallest absolute Gasteiger partial charge is 0.396 e. The molecule has 0 aliphatic heterocycles. The molecule has 0 heterocycles. The summed E-state index contributed by atoms with van der Waals surface area (Å²) in [5.74, 6) is -1.32. The first-order valence-corrected chi connectivity index (χ1v) is 5.56. The third-order valence-corrected chi connectivity index (χ3v) is 2.74. The van der Waals surface area contributed by atoms with Gasteiger partial charge in [0.15, 0.2) is 5.78 Å². The highest BCUT2D eigenvalue weighted by atomic mass is 19.4. The second-order valence-electron chi connectivity index (χ2n) is 4.14. The Kier molecular flexibility index (Phi) is 3.48. The van der Waals surface area contributed by atoms with E-state index >= 15 is 0 Å². The van der Waals surface area contributed by atoms with Gasteiger partial charge in [-0.05, 0) is 30.3 Å². The molecule has 2 nitrogen and oxygen atoms in total. The second-order valence-corrected chi connectivity index (χ2v) is 4.14. The van der Waals surface area contributed by atoms with Crippen LogP contribution in [0.4, 0.5) is 23.2 Å². The number of ketones is 1. The standard InChI is InChI=1S/C14H9F4NO/c15-11-7-9(3-6-12(11)19)13(20)8-1-4-10(5-2-8)14(16,17)18/h1-7H,19H2. The minimum absolute atomic E-state index is 0.0245. The predicted octanol–water partition coefficient (Wildman–Crippen LogP) is 3.66. The number of anilines is 1. The number of halogens is 4. The lowest BCUT2D eigenvalue weighted by Gasteiger charge is -2.07. The SMILES string of the molecule is Nc1ccc(C(=O)c2ccc(C(F)(F)F)cc2)cc1F. The number of carbonyl (C=O) groups excluding carboxylic acids is 1. The molecule has 0 bridgehead atoms. The van der Waals surface area contributed by atoms with Gasteiger partial charge in [-0.2, -0.15) is 13.2 Å². The Balaban J connectivity index is 2.31. The van der Waals surface area contributed by atoms with Gasteiger partial charge in [-0.25, -0.2) is 4.39 Å². The van der Waals surface area contributed by atoms with E-state index in [2.05, 4.69) is 0 Å². The van der Waals surface area contributed by atoms with E-state index in [1.807, 2.05) is 0 Å². The molecule has 0 unspecified atom stereocenters. The van der Waals surface area contributed by atoms with Gasteiger partial charge in [0.05, 0.1) is 11.3 Å². The van der Waals surface area contributed by atoms with Gasteiger partial charge in [-0.15, -0.1) is 0 Å². The molecule has 0 amide bonds. The molecule has 0 atom stereocenters. The average Bonchev–Trinajstić information content (AvgIpc) is 2.40. The van der Waals surface area contributed by atoms with Gasteiger partial charge >= 0.3 is 6.18 Å². The van der Waals surface area contributed by atoms with Crippen LogP contribution in [0.25, 0.3) is 0 Å². The summed E-state index contributed by atoms with van der Waals surface area (Å²) in [6, 6.07) is 7.22. The topological polar surface area (TPSA) is 43.1 Å². The molecule has 20 heavy (non-hydrogen) atoms. The van der Waals surface area contributed by atoms with Crippen LogP contribution >= 0.6 is 0 Å². The highest BCUT2D eigenvalue weighted by Gasteiger charge is 2.30. The summed E-state index contributed by atoms with van der Waals surface area (Å²) in [6.07, 6.45) is -4.46. The zero-order chi connectivity index (χ0) is 14.9. The molecule has 0 spiro atoms. The van der Waals surface area contributed by atoms with Crippen LogP contribution in [0.2, 0.25) is 0 Å². The van der Waals surface area contributed by atoms with Crippen LogP contribution in [0.15, 0.2) is 42.5 Å². The van der Waals surface area contributed by atoms with Gasteiger partial charge in [-0.3, -0.25) is 4.79 Å². The lowest BCUT2D eigenvalue weighted by Crippen LogP contribution is -2.07. The van der Waals surface area contributed by atoms with Crippen molar-refractivity contribution in [2.45, 2.75) is 6.18 Å². The lowest BCUT2D eigenvalue weighted by molar-refractivity contribution is -0.137. The highest BCUT2D eigenvalue weighted by molar-refractivity contribution is 6.09. The van der Waals surface area contributed by atoms with Crippen molar-refractivity contribution in [3.63, 3.8) is 0 Å². The maximum absolute atomic E-state index is 13.2. The first kappa shape index (κ1) is 14.0. The van der Waals surface area contributed by atoms with Crippen LogP contribution in [0.1, 0.15) is 21.5 Å². The number of alkyl halides is 3. The summed E-state index contributed by atoms with van der Waals surface area (Å²) in [4.78, 5) is 12.0. The largest absolute Gasteiger partial charge is 0.416 e. The normalized spacial score (nSPS) is 11.4. The summed E-state index contributed by atoms with van der Waals surface area (Å²) in [7, 11) is 0. The predicted molar refractivity (Wildman–Crippen MR) is 65.7 cm³/mol.